The molecule has 0 fully saturated rings. The molecule has 0 rings (SSSR count). The maximum atomic E-state index is 4.80. The van der Waals surface area contributed by atoms with Gasteiger partial charge in [0.25, 0.3) is 0 Å². The molecular formula is C3H9NOS. The highest BCUT2D eigenvalue weighted by Crippen LogP contribution is 1.66. The number of nitrogens with one attached hydrogen (secondary N) is 1. The van der Waals surface area contributed by atoms with Crippen LogP contribution in [-0.4, -0.2) is 13.3 Å². The molecule has 0 atom stereocenters. The van der Waals surface area contributed by atoms with Gasteiger partial charge in [-0.2, -0.15) is 0 Å². The summed E-state index contributed by atoms with van der Waals surface area (Å²) in [5.74, 6) is 0. The lowest BCUT2D eigenvalue weighted by atomic mass is 10.9. The van der Waals surface area contributed by atoms with Gasteiger partial charge in [0, 0.05) is 6.61 Å². The van der Waals surface area contributed by atoms with Crippen LogP contribution in [-0.2, 0) is 4.74 Å². The van der Waals surface area contributed by atoms with Gasteiger partial charge in [0.2, 0.25) is 0 Å². The molecule has 0 saturated heterocycles. The second kappa shape index (κ2) is 5.27. The third kappa shape index (κ3) is 4.27. The summed E-state index contributed by atoms with van der Waals surface area (Å²) in [7, 11) is 0. The lowest BCUT2D eigenvalue weighted by Crippen LogP contribution is -2.04. The molecule has 0 aliphatic carbocycles. The highest BCUT2D eigenvalue weighted by atomic mass is 32.1. The van der Waals surface area contributed by atoms with Crippen LogP contribution in [0.25, 0.3) is 0 Å². The fraction of sp³-hybridized carbons (Fsp3) is 1.00. The summed E-state index contributed by atoms with van der Waals surface area (Å²) in [4.78, 5) is 0. The molecule has 1 N–H and O–H groups in total. The third-order valence-electron chi connectivity index (χ3n) is 0.371. The van der Waals surface area contributed by atoms with Gasteiger partial charge in [-0.25, -0.2) is 4.72 Å². The quantitative estimate of drug-likeness (QED) is 0.310. The SMILES string of the molecule is CCOCNS. The fourth-order valence-corrected chi connectivity index (χ4v) is 0.239. The van der Waals surface area contributed by atoms with E-state index in [0.29, 0.717) is 6.73 Å². The van der Waals surface area contributed by atoms with E-state index in [1.807, 2.05) is 6.92 Å². The van der Waals surface area contributed by atoms with E-state index < -0.39 is 0 Å². The first-order chi connectivity index (χ1) is 2.91. The third-order valence-corrected chi connectivity index (χ3v) is 0.500. The van der Waals surface area contributed by atoms with Gasteiger partial charge in [-0.3, -0.25) is 0 Å². The van der Waals surface area contributed by atoms with Crippen molar-refractivity contribution in [3.63, 3.8) is 0 Å². The molecule has 0 aromatic carbocycles. The molecule has 0 radical (unpaired) electrons. The average molecular weight is 107 g/mol. The zero-order chi connectivity index (χ0) is 4.83. The summed E-state index contributed by atoms with van der Waals surface area (Å²) in [5.41, 5.74) is 0. The predicted octanol–water partition coefficient (Wildman–Crippen LogP) is 0.415. The van der Waals surface area contributed by atoms with E-state index in [1.165, 1.54) is 0 Å². The molecule has 0 spiro atoms. The van der Waals surface area contributed by atoms with Gasteiger partial charge in [0.15, 0.2) is 0 Å². The molecule has 0 heterocycles. The Hall–Kier alpha value is 0.270. The van der Waals surface area contributed by atoms with Crippen molar-refractivity contribution in [3.05, 3.63) is 0 Å². The first-order valence-electron chi connectivity index (χ1n) is 1.86. The molecule has 6 heavy (non-hydrogen) atoms. The van der Waals surface area contributed by atoms with Crippen molar-refractivity contribution in [2.75, 3.05) is 13.3 Å². The smallest absolute Gasteiger partial charge is 0.105 e. The van der Waals surface area contributed by atoms with E-state index in [0.717, 1.165) is 6.61 Å². The molecule has 2 nitrogen and oxygen atoms in total. The standard InChI is InChI=1S/C3H9NOS/c1-2-5-3-4-6/h4,6H,2-3H2,1H3. The second-order valence-electron chi connectivity index (χ2n) is 0.795. The molecular weight excluding hydrogens is 98.1 g/mol. The van der Waals surface area contributed by atoms with Crippen molar-refractivity contribution in [2.24, 2.45) is 0 Å². The Morgan fingerprint density at radius 2 is 2.50 bits per heavy atom. The van der Waals surface area contributed by atoms with Gasteiger partial charge in [0.1, 0.15) is 6.73 Å². The lowest BCUT2D eigenvalue weighted by Gasteiger charge is -1.93. The van der Waals surface area contributed by atoms with Gasteiger partial charge < -0.3 is 4.74 Å². The average Bonchev–Trinajstić information content (AvgIpc) is 1.61. The van der Waals surface area contributed by atoms with Crippen molar-refractivity contribution in [2.45, 2.75) is 6.92 Å². The summed E-state index contributed by atoms with van der Waals surface area (Å²) in [6.45, 7) is 3.21. The van der Waals surface area contributed by atoms with E-state index in [1.54, 1.807) is 0 Å². The molecule has 0 unspecified atom stereocenters. The van der Waals surface area contributed by atoms with Crippen LogP contribution in [0, 0.1) is 0 Å². The Bertz CT molecular complexity index is 22.8. The van der Waals surface area contributed by atoms with Crippen LogP contribution in [0.15, 0.2) is 0 Å². The molecule has 0 aromatic heterocycles. The molecule has 0 bridgehead atoms. The summed E-state index contributed by atoms with van der Waals surface area (Å²) in [6.07, 6.45) is 0. The maximum Gasteiger partial charge on any atom is 0.105 e. The van der Waals surface area contributed by atoms with Crippen LogP contribution >= 0.6 is 12.8 Å². The minimum absolute atomic E-state index is 0.527. The van der Waals surface area contributed by atoms with Crippen molar-refractivity contribution in [1.82, 2.24) is 4.72 Å². The van der Waals surface area contributed by atoms with Gasteiger partial charge >= 0.3 is 0 Å². The summed E-state index contributed by atoms with van der Waals surface area (Å²) in [6, 6.07) is 0. The van der Waals surface area contributed by atoms with E-state index in [9.17, 15) is 0 Å². The van der Waals surface area contributed by atoms with E-state index in [2.05, 4.69) is 17.5 Å². The summed E-state index contributed by atoms with van der Waals surface area (Å²) < 4.78 is 7.34. The minimum Gasteiger partial charge on any atom is -0.366 e. The Morgan fingerprint density at radius 3 is 2.67 bits per heavy atom. The lowest BCUT2D eigenvalue weighted by molar-refractivity contribution is 0.147. The molecule has 0 aliphatic rings. The monoisotopic (exact) mass is 107 g/mol. The normalized spacial score (nSPS) is 9.00. The minimum atomic E-state index is 0.527. The number of thiol groups is 1. The van der Waals surface area contributed by atoms with Gasteiger partial charge in [-0.1, -0.05) is 12.8 Å². The van der Waals surface area contributed by atoms with Crippen molar-refractivity contribution in [1.29, 1.82) is 0 Å². The Morgan fingerprint density at radius 1 is 1.83 bits per heavy atom. The second-order valence-corrected chi connectivity index (χ2v) is 1.11. The topological polar surface area (TPSA) is 21.3 Å². The van der Waals surface area contributed by atoms with Crippen LogP contribution in [0.5, 0.6) is 0 Å². The summed E-state index contributed by atoms with van der Waals surface area (Å²) in [5, 5.41) is 0. The van der Waals surface area contributed by atoms with Crippen LogP contribution in [0.1, 0.15) is 6.92 Å². The zero-order valence-electron chi connectivity index (χ0n) is 3.77. The highest BCUT2D eigenvalue weighted by molar-refractivity contribution is 7.78. The Labute approximate surface area is 43.4 Å². The molecule has 0 amide bonds. The van der Waals surface area contributed by atoms with Gasteiger partial charge in [-0.05, 0) is 6.92 Å². The number of rotatable bonds is 3. The van der Waals surface area contributed by atoms with Crippen molar-refractivity contribution < 1.29 is 4.74 Å². The molecule has 38 valence electrons. The first-order valence-corrected chi connectivity index (χ1v) is 2.31. The number of hydrogen-bond acceptors (Lipinski definition) is 3. The van der Waals surface area contributed by atoms with E-state index in [4.69, 9.17) is 4.74 Å². The molecule has 0 aliphatic heterocycles. The first kappa shape index (κ1) is 6.27. The Kier molecular flexibility index (Phi) is 5.51. The van der Waals surface area contributed by atoms with Gasteiger partial charge in [0.05, 0.1) is 0 Å². The van der Waals surface area contributed by atoms with Crippen LogP contribution in [0.4, 0.5) is 0 Å². The van der Waals surface area contributed by atoms with Crippen LogP contribution in [0.2, 0.25) is 0 Å². The van der Waals surface area contributed by atoms with Crippen molar-refractivity contribution in [3.8, 4) is 0 Å². The molecule has 0 saturated carbocycles. The number of ether oxygens (including phenoxy) is 1. The van der Waals surface area contributed by atoms with E-state index in [-0.39, 0.29) is 0 Å². The zero-order valence-corrected chi connectivity index (χ0v) is 4.66. The van der Waals surface area contributed by atoms with Crippen LogP contribution in [0.3, 0.4) is 0 Å². The maximum absolute atomic E-state index is 4.80. The largest absolute Gasteiger partial charge is 0.366 e. The van der Waals surface area contributed by atoms with E-state index >= 15 is 0 Å². The van der Waals surface area contributed by atoms with Crippen LogP contribution < -0.4 is 4.72 Å². The van der Waals surface area contributed by atoms with Crippen molar-refractivity contribution >= 4 is 12.8 Å². The van der Waals surface area contributed by atoms with Gasteiger partial charge in [-0.15, -0.1) is 0 Å². The predicted molar refractivity (Wildman–Crippen MR) is 28.6 cm³/mol. The Balaban J connectivity index is 2.34. The fourth-order valence-electron chi connectivity index (χ4n) is 0.148. The molecule has 3 heteroatoms. The highest BCUT2D eigenvalue weighted by Gasteiger charge is 1.70. The molecule has 0 aromatic rings. The summed E-state index contributed by atoms with van der Waals surface area (Å²) >= 11 is 3.68. The number of hydrogen-bond donors (Lipinski definition) is 2.